The SMILES string of the molecule is CCSC(=O)CC(N)C(=O)OC. The van der Waals surface area contributed by atoms with E-state index in [1.807, 2.05) is 6.92 Å². The van der Waals surface area contributed by atoms with Gasteiger partial charge in [0.15, 0.2) is 5.12 Å². The number of methoxy groups -OCH3 is 1. The van der Waals surface area contributed by atoms with E-state index in [9.17, 15) is 9.59 Å². The number of nitrogens with two attached hydrogens (primary N) is 1. The fourth-order valence-electron chi connectivity index (χ4n) is 0.634. The lowest BCUT2D eigenvalue weighted by Crippen LogP contribution is -2.33. The summed E-state index contributed by atoms with van der Waals surface area (Å²) >= 11 is 1.16. The lowest BCUT2D eigenvalue weighted by atomic mass is 10.2. The second-order valence-corrected chi connectivity index (χ2v) is 3.46. The van der Waals surface area contributed by atoms with Crippen LogP contribution in [0.25, 0.3) is 0 Å². The topological polar surface area (TPSA) is 69.4 Å². The Balaban J connectivity index is 3.75. The molecule has 0 rings (SSSR count). The van der Waals surface area contributed by atoms with Crippen molar-refractivity contribution in [2.75, 3.05) is 12.9 Å². The summed E-state index contributed by atoms with van der Waals surface area (Å²) in [5, 5.41) is -0.0737. The van der Waals surface area contributed by atoms with E-state index >= 15 is 0 Å². The smallest absolute Gasteiger partial charge is 0.323 e. The van der Waals surface area contributed by atoms with Crippen LogP contribution in [0.2, 0.25) is 0 Å². The third kappa shape index (κ3) is 4.35. The van der Waals surface area contributed by atoms with Crippen LogP contribution in [0.1, 0.15) is 13.3 Å². The molecule has 4 nitrogen and oxygen atoms in total. The van der Waals surface area contributed by atoms with Crippen molar-refractivity contribution in [3.05, 3.63) is 0 Å². The van der Waals surface area contributed by atoms with Crippen LogP contribution >= 0.6 is 11.8 Å². The molecule has 12 heavy (non-hydrogen) atoms. The quantitative estimate of drug-likeness (QED) is 0.641. The molecule has 5 heteroatoms. The van der Waals surface area contributed by atoms with Gasteiger partial charge in [0.2, 0.25) is 0 Å². The standard InChI is InChI=1S/C7H13NO3S/c1-3-12-6(9)4-5(8)7(10)11-2/h5H,3-4,8H2,1-2H3. The third-order valence-electron chi connectivity index (χ3n) is 1.20. The number of ether oxygens (including phenoxy) is 1. The summed E-state index contributed by atoms with van der Waals surface area (Å²) < 4.78 is 4.37. The normalized spacial score (nSPS) is 12.2. The summed E-state index contributed by atoms with van der Waals surface area (Å²) in [6, 6.07) is -0.818. The summed E-state index contributed by atoms with van der Waals surface area (Å²) in [7, 11) is 1.25. The molecule has 0 aliphatic heterocycles. The van der Waals surface area contributed by atoms with Crippen LogP contribution in [0.15, 0.2) is 0 Å². The zero-order chi connectivity index (χ0) is 9.56. The van der Waals surface area contributed by atoms with Gasteiger partial charge in [-0.1, -0.05) is 18.7 Å². The second-order valence-electron chi connectivity index (χ2n) is 2.14. The van der Waals surface area contributed by atoms with Crippen molar-refractivity contribution in [3.8, 4) is 0 Å². The third-order valence-corrected chi connectivity index (χ3v) is 1.97. The van der Waals surface area contributed by atoms with Crippen molar-refractivity contribution in [2.24, 2.45) is 5.73 Å². The Hall–Kier alpha value is -0.550. The van der Waals surface area contributed by atoms with Crippen LogP contribution < -0.4 is 5.73 Å². The van der Waals surface area contributed by atoms with E-state index in [2.05, 4.69) is 4.74 Å². The van der Waals surface area contributed by atoms with Gasteiger partial charge in [-0.2, -0.15) is 0 Å². The summed E-state index contributed by atoms with van der Waals surface area (Å²) in [6.07, 6.45) is 0.0468. The molecule has 0 spiro atoms. The molecule has 1 unspecified atom stereocenters. The number of esters is 1. The molecule has 0 saturated heterocycles. The Morgan fingerprint density at radius 1 is 1.58 bits per heavy atom. The first-order valence-corrected chi connectivity index (χ1v) is 4.59. The summed E-state index contributed by atoms with van der Waals surface area (Å²) in [6.45, 7) is 1.87. The van der Waals surface area contributed by atoms with Crippen LogP contribution in [0.5, 0.6) is 0 Å². The molecule has 0 fully saturated rings. The molecule has 0 aliphatic carbocycles. The minimum absolute atomic E-state index is 0.0468. The molecule has 0 radical (unpaired) electrons. The van der Waals surface area contributed by atoms with Crippen molar-refractivity contribution in [1.29, 1.82) is 0 Å². The largest absolute Gasteiger partial charge is 0.468 e. The van der Waals surface area contributed by atoms with Gasteiger partial charge < -0.3 is 10.5 Å². The predicted molar refractivity (Wildman–Crippen MR) is 47.7 cm³/mol. The van der Waals surface area contributed by atoms with Gasteiger partial charge in [-0.05, 0) is 5.75 Å². The van der Waals surface area contributed by atoms with E-state index in [4.69, 9.17) is 5.73 Å². The fraction of sp³-hybridized carbons (Fsp3) is 0.714. The highest BCUT2D eigenvalue weighted by molar-refractivity contribution is 8.13. The molecule has 0 bridgehead atoms. The van der Waals surface area contributed by atoms with Crippen molar-refractivity contribution < 1.29 is 14.3 Å². The number of rotatable bonds is 4. The lowest BCUT2D eigenvalue weighted by molar-refractivity contribution is -0.143. The van der Waals surface area contributed by atoms with Crippen LogP contribution in [0.3, 0.4) is 0 Å². The van der Waals surface area contributed by atoms with Gasteiger partial charge in [0, 0.05) is 6.42 Å². The van der Waals surface area contributed by atoms with E-state index in [0.29, 0.717) is 5.75 Å². The zero-order valence-electron chi connectivity index (χ0n) is 7.20. The number of hydrogen-bond donors (Lipinski definition) is 1. The minimum Gasteiger partial charge on any atom is -0.468 e. The van der Waals surface area contributed by atoms with E-state index in [1.165, 1.54) is 7.11 Å². The maximum absolute atomic E-state index is 10.9. The summed E-state index contributed by atoms with van der Waals surface area (Å²) in [5.74, 6) is 0.159. The Bertz CT molecular complexity index is 172. The van der Waals surface area contributed by atoms with Crippen molar-refractivity contribution in [1.82, 2.24) is 0 Å². The minimum atomic E-state index is -0.818. The van der Waals surface area contributed by atoms with Crippen LogP contribution in [-0.2, 0) is 14.3 Å². The summed E-state index contributed by atoms with van der Waals surface area (Å²) in [5.41, 5.74) is 5.35. The van der Waals surface area contributed by atoms with Gasteiger partial charge >= 0.3 is 5.97 Å². The van der Waals surface area contributed by atoms with Crippen molar-refractivity contribution >= 4 is 22.8 Å². The zero-order valence-corrected chi connectivity index (χ0v) is 8.02. The molecule has 1 atom stereocenters. The average molecular weight is 191 g/mol. The number of hydrogen-bond acceptors (Lipinski definition) is 5. The second kappa shape index (κ2) is 6.02. The molecule has 2 N–H and O–H groups in total. The highest BCUT2D eigenvalue weighted by Gasteiger charge is 2.17. The first-order chi connectivity index (χ1) is 5.61. The molecule has 0 aliphatic rings. The first kappa shape index (κ1) is 11.4. The van der Waals surface area contributed by atoms with Gasteiger partial charge in [-0.25, -0.2) is 0 Å². The highest BCUT2D eigenvalue weighted by atomic mass is 32.2. The molecule has 70 valence electrons. The predicted octanol–water partition coefficient (Wildman–Crippen LogP) is 0.156. The molecular formula is C7H13NO3S. The number of carbonyl (C=O) groups excluding carboxylic acids is 2. The monoisotopic (exact) mass is 191 g/mol. The van der Waals surface area contributed by atoms with Crippen LogP contribution in [0.4, 0.5) is 0 Å². The molecular weight excluding hydrogens is 178 g/mol. The van der Waals surface area contributed by atoms with Crippen LogP contribution in [-0.4, -0.2) is 30.0 Å². The molecule has 0 aromatic rings. The average Bonchev–Trinajstić information content (AvgIpc) is 2.03. The first-order valence-electron chi connectivity index (χ1n) is 3.60. The van der Waals surface area contributed by atoms with E-state index in [0.717, 1.165) is 11.8 Å². The van der Waals surface area contributed by atoms with Crippen molar-refractivity contribution in [3.63, 3.8) is 0 Å². The number of thioether (sulfide) groups is 1. The van der Waals surface area contributed by atoms with Gasteiger partial charge in [0.1, 0.15) is 6.04 Å². The fourth-order valence-corrected chi connectivity index (χ4v) is 1.25. The Morgan fingerprint density at radius 3 is 2.58 bits per heavy atom. The van der Waals surface area contributed by atoms with Crippen LogP contribution in [0, 0.1) is 0 Å². The summed E-state index contributed by atoms with van der Waals surface area (Å²) in [4.78, 5) is 21.7. The molecule has 0 amide bonds. The maximum atomic E-state index is 10.9. The Morgan fingerprint density at radius 2 is 2.17 bits per heavy atom. The lowest BCUT2D eigenvalue weighted by Gasteiger charge is -2.06. The van der Waals surface area contributed by atoms with E-state index in [-0.39, 0.29) is 11.5 Å². The molecule has 0 aromatic heterocycles. The number of carbonyl (C=O) groups is 2. The molecule has 0 saturated carbocycles. The Kier molecular flexibility index (Phi) is 5.74. The van der Waals surface area contributed by atoms with Gasteiger partial charge in [-0.3, -0.25) is 9.59 Å². The van der Waals surface area contributed by atoms with Gasteiger partial charge in [-0.15, -0.1) is 0 Å². The Labute approximate surface area is 75.8 Å². The maximum Gasteiger partial charge on any atom is 0.323 e. The van der Waals surface area contributed by atoms with Gasteiger partial charge in [0.25, 0.3) is 0 Å². The molecule has 0 heterocycles. The molecule has 0 aromatic carbocycles. The van der Waals surface area contributed by atoms with E-state index < -0.39 is 12.0 Å². The van der Waals surface area contributed by atoms with E-state index in [1.54, 1.807) is 0 Å². The highest BCUT2D eigenvalue weighted by Crippen LogP contribution is 2.06. The van der Waals surface area contributed by atoms with Gasteiger partial charge in [0.05, 0.1) is 7.11 Å². The van der Waals surface area contributed by atoms with Crippen molar-refractivity contribution in [2.45, 2.75) is 19.4 Å².